The second-order valence-corrected chi connectivity index (χ2v) is 6.91. The zero-order valence-corrected chi connectivity index (χ0v) is 13.8. The summed E-state index contributed by atoms with van der Waals surface area (Å²) >= 11 is 0. The topological polar surface area (TPSA) is 49.4 Å². The summed E-state index contributed by atoms with van der Waals surface area (Å²) in [6.07, 6.45) is 9.33. The third-order valence-corrected chi connectivity index (χ3v) is 5.08. The van der Waals surface area contributed by atoms with Crippen molar-refractivity contribution in [3.63, 3.8) is 0 Å². The highest BCUT2D eigenvalue weighted by atomic mass is 16.2. The second kappa shape index (κ2) is 6.80. The molecule has 2 rings (SSSR count). The number of unbranched alkanes of at least 4 members (excludes halogenated alkanes) is 5. The smallest absolute Gasteiger partial charge is 0.248 e. The molecule has 2 fully saturated rings. The molecule has 1 saturated heterocycles. The molecule has 2 unspecified atom stereocenters. The number of rotatable bonds is 8. The molecule has 0 aromatic rings. The van der Waals surface area contributed by atoms with Crippen LogP contribution in [0.1, 0.15) is 72.1 Å². The maximum absolute atomic E-state index is 12.8. The zero-order chi connectivity index (χ0) is 15.5. The molecule has 2 aliphatic rings. The van der Waals surface area contributed by atoms with E-state index in [9.17, 15) is 9.59 Å². The normalized spacial score (nSPS) is 29.7. The number of piperazine rings is 1. The van der Waals surface area contributed by atoms with Crippen molar-refractivity contribution in [3.8, 4) is 0 Å². The Kier molecular flexibility index (Phi) is 5.28. The number of carbonyl (C=O) groups is 2. The van der Waals surface area contributed by atoms with E-state index in [4.69, 9.17) is 0 Å². The van der Waals surface area contributed by atoms with Crippen LogP contribution < -0.4 is 5.32 Å². The molecule has 1 aliphatic heterocycles. The SMILES string of the molecule is CCCCCCCCN1C(=O)C(C)(C2CC2)NC(=O)C1C. The highest BCUT2D eigenvalue weighted by Crippen LogP contribution is 2.42. The van der Waals surface area contributed by atoms with Crippen molar-refractivity contribution in [2.45, 2.75) is 83.7 Å². The number of nitrogens with one attached hydrogen (secondary N) is 1. The number of amides is 2. The lowest BCUT2D eigenvalue weighted by Crippen LogP contribution is -2.69. The zero-order valence-electron chi connectivity index (χ0n) is 13.8. The van der Waals surface area contributed by atoms with Gasteiger partial charge in [0.15, 0.2) is 0 Å². The fourth-order valence-corrected chi connectivity index (χ4v) is 3.32. The molecular weight excluding hydrogens is 264 g/mol. The van der Waals surface area contributed by atoms with Crippen LogP contribution in [0.25, 0.3) is 0 Å². The molecule has 1 aliphatic carbocycles. The summed E-state index contributed by atoms with van der Waals surface area (Å²) in [5.41, 5.74) is -0.647. The summed E-state index contributed by atoms with van der Waals surface area (Å²) in [6.45, 7) is 6.69. The van der Waals surface area contributed by atoms with Gasteiger partial charge in [0.1, 0.15) is 11.6 Å². The number of carbonyl (C=O) groups excluding carboxylic acids is 2. The van der Waals surface area contributed by atoms with Gasteiger partial charge in [0.05, 0.1) is 0 Å². The molecule has 0 spiro atoms. The van der Waals surface area contributed by atoms with Crippen LogP contribution in [0.5, 0.6) is 0 Å². The van der Waals surface area contributed by atoms with Crippen molar-refractivity contribution < 1.29 is 9.59 Å². The van der Waals surface area contributed by atoms with Gasteiger partial charge in [0.25, 0.3) is 0 Å². The van der Waals surface area contributed by atoms with Gasteiger partial charge in [0.2, 0.25) is 11.8 Å². The highest BCUT2D eigenvalue weighted by molar-refractivity contribution is 5.99. The first kappa shape index (κ1) is 16.3. The lowest BCUT2D eigenvalue weighted by molar-refractivity contribution is -0.154. The number of hydrogen-bond acceptors (Lipinski definition) is 2. The average molecular weight is 294 g/mol. The molecule has 1 saturated carbocycles. The monoisotopic (exact) mass is 294 g/mol. The maximum Gasteiger partial charge on any atom is 0.248 e. The second-order valence-electron chi connectivity index (χ2n) is 6.91. The quantitative estimate of drug-likeness (QED) is 0.700. The van der Waals surface area contributed by atoms with Gasteiger partial charge in [-0.1, -0.05) is 39.0 Å². The predicted octanol–water partition coefficient (Wildman–Crippen LogP) is 2.86. The molecule has 4 heteroatoms. The van der Waals surface area contributed by atoms with E-state index in [-0.39, 0.29) is 17.9 Å². The minimum absolute atomic E-state index is 0.00924. The fourth-order valence-electron chi connectivity index (χ4n) is 3.32. The molecule has 0 bridgehead atoms. The maximum atomic E-state index is 12.8. The third-order valence-electron chi connectivity index (χ3n) is 5.08. The van der Waals surface area contributed by atoms with E-state index < -0.39 is 5.54 Å². The van der Waals surface area contributed by atoms with Crippen molar-refractivity contribution in [1.82, 2.24) is 10.2 Å². The van der Waals surface area contributed by atoms with Crippen molar-refractivity contribution >= 4 is 11.8 Å². The summed E-state index contributed by atoms with van der Waals surface area (Å²) in [7, 11) is 0. The van der Waals surface area contributed by atoms with Crippen LogP contribution in [0.4, 0.5) is 0 Å². The van der Waals surface area contributed by atoms with Crippen LogP contribution in [0, 0.1) is 5.92 Å². The van der Waals surface area contributed by atoms with Crippen LogP contribution in [0.2, 0.25) is 0 Å². The lowest BCUT2D eigenvalue weighted by Gasteiger charge is -2.43. The Morgan fingerprint density at radius 3 is 2.38 bits per heavy atom. The number of hydrogen-bond donors (Lipinski definition) is 1. The molecule has 0 radical (unpaired) electrons. The minimum atomic E-state index is -0.647. The van der Waals surface area contributed by atoms with Gasteiger partial charge in [-0.2, -0.15) is 0 Å². The van der Waals surface area contributed by atoms with E-state index in [0.29, 0.717) is 5.92 Å². The largest absolute Gasteiger partial charge is 0.340 e. The van der Waals surface area contributed by atoms with Crippen molar-refractivity contribution in [3.05, 3.63) is 0 Å². The van der Waals surface area contributed by atoms with Gasteiger partial charge in [-0.15, -0.1) is 0 Å². The summed E-state index contributed by atoms with van der Waals surface area (Å²) in [4.78, 5) is 26.7. The fraction of sp³-hybridized carbons (Fsp3) is 0.882. The molecule has 21 heavy (non-hydrogen) atoms. The van der Waals surface area contributed by atoms with Crippen LogP contribution in [0.15, 0.2) is 0 Å². The van der Waals surface area contributed by atoms with Crippen molar-refractivity contribution in [1.29, 1.82) is 0 Å². The Morgan fingerprint density at radius 1 is 1.14 bits per heavy atom. The molecule has 0 aromatic carbocycles. The van der Waals surface area contributed by atoms with E-state index >= 15 is 0 Å². The van der Waals surface area contributed by atoms with Crippen molar-refractivity contribution in [2.75, 3.05) is 6.54 Å². The Bertz CT molecular complexity index is 392. The standard InChI is InChI=1S/C17H30N2O2/c1-4-5-6-7-8-9-12-19-13(2)15(20)18-17(3,16(19)21)14-10-11-14/h13-14H,4-12H2,1-3H3,(H,18,20). The van der Waals surface area contributed by atoms with Gasteiger partial charge >= 0.3 is 0 Å². The predicted molar refractivity (Wildman–Crippen MR) is 83.8 cm³/mol. The third kappa shape index (κ3) is 3.58. The summed E-state index contributed by atoms with van der Waals surface area (Å²) < 4.78 is 0. The van der Waals surface area contributed by atoms with Crippen LogP contribution >= 0.6 is 0 Å². The van der Waals surface area contributed by atoms with E-state index in [0.717, 1.165) is 32.2 Å². The van der Waals surface area contributed by atoms with Gasteiger partial charge in [-0.05, 0) is 39.0 Å². The first-order chi connectivity index (χ1) is 10.0. The molecule has 1 N–H and O–H groups in total. The average Bonchev–Trinajstić information content (AvgIpc) is 3.28. The molecule has 120 valence electrons. The summed E-state index contributed by atoms with van der Waals surface area (Å²) in [5, 5.41) is 2.97. The van der Waals surface area contributed by atoms with Crippen LogP contribution in [-0.2, 0) is 9.59 Å². The highest BCUT2D eigenvalue weighted by Gasteiger charge is 2.54. The van der Waals surface area contributed by atoms with E-state index in [2.05, 4.69) is 12.2 Å². The first-order valence-corrected chi connectivity index (χ1v) is 8.63. The van der Waals surface area contributed by atoms with Gasteiger partial charge in [-0.3, -0.25) is 9.59 Å². The molecule has 2 amide bonds. The van der Waals surface area contributed by atoms with Crippen molar-refractivity contribution in [2.24, 2.45) is 5.92 Å². The molecule has 1 heterocycles. The summed E-state index contributed by atoms with van der Waals surface area (Å²) in [5.74, 6) is 0.481. The first-order valence-electron chi connectivity index (χ1n) is 8.63. The van der Waals surface area contributed by atoms with Gasteiger partial charge in [-0.25, -0.2) is 0 Å². The molecular formula is C17H30N2O2. The van der Waals surface area contributed by atoms with Gasteiger partial charge < -0.3 is 10.2 Å². The molecule has 0 aromatic heterocycles. The van der Waals surface area contributed by atoms with Crippen LogP contribution in [-0.4, -0.2) is 34.8 Å². The molecule has 4 nitrogen and oxygen atoms in total. The Hall–Kier alpha value is -1.06. The van der Waals surface area contributed by atoms with E-state index in [1.165, 1.54) is 25.7 Å². The van der Waals surface area contributed by atoms with E-state index in [1.807, 2.05) is 18.7 Å². The van der Waals surface area contributed by atoms with E-state index in [1.54, 1.807) is 0 Å². The van der Waals surface area contributed by atoms with Gasteiger partial charge in [0, 0.05) is 6.54 Å². The summed E-state index contributed by atoms with van der Waals surface area (Å²) in [6, 6.07) is -0.319. The minimum Gasteiger partial charge on any atom is -0.340 e. The van der Waals surface area contributed by atoms with Crippen LogP contribution in [0.3, 0.4) is 0 Å². The lowest BCUT2D eigenvalue weighted by atomic mass is 9.89. The molecule has 2 atom stereocenters. The Balaban J connectivity index is 1.87. The number of nitrogens with zero attached hydrogens (tertiary/aromatic N) is 1. The Labute approximate surface area is 128 Å². The Morgan fingerprint density at radius 2 is 1.76 bits per heavy atom.